The van der Waals surface area contributed by atoms with E-state index in [1.54, 1.807) is 17.9 Å². The molecule has 18 heavy (non-hydrogen) atoms. The number of aryl methyl sites for hydroxylation is 1. The molecule has 94 valence electrons. The maximum atomic E-state index is 12.0. The molecule has 0 atom stereocenters. The Balaban J connectivity index is 1.87. The number of aromatic nitrogens is 4. The molecule has 2 N–H and O–H groups in total. The first-order valence-electron chi connectivity index (χ1n) is 5.75. The lowest BCUT2D eigenvalue weighted by atomic mass is 9.77. The summed E-state index contributed by atoms with van der Waals surface area (Å²) in [4.78, 5) is 16.1. The molecular formula is C11H13N5O2. The van der Waals surface area contributed by atoms with Crippen LogP contribution < -0.4 is 5.73 Å². The number of ketones is 1. The van der Waals surface area contributed by atoms with Crippen molar-refractivity contribution in [3.8, 4) is 0 Å². The number of hydrogen-bond acceptors (Lipinski definition) is 6. The Bertz CT molecular complexity index is 596. The summed E-state index contributed by atoms with van der Waals surface area (Å²) in [5, 5.41) is 7.73. The second kappa shape index (κ2) is 3.74. The predicted molar refractivity (Wildman–Crippen MR) is 60.7 cm³/mol. The van der Waals surface area contributed by atoms with Gasteiger partial charge in [0.2, 0.25) is 0 Å². The van der Waals surface area contributed by atoms with E-state index in [-0.39, 0.29) is 11.7 Å². The molecule has 1 saturated carbocycles. The van der Waals surface area contributed by atoms with Gasteiger partial charge in [0.1, 0.15) is 0 Å². The molecule has 0 unspecified atom stereocenters. The molecule has 0 spiro atoms. The smallest absolute Gasteiger partial charge is 0.299 e. The topological polar surface area (TPSA) is 99.8 Å². The lowest BCUT2D eigenvalue weighted by Crippen LogP contribution is -2.44. The van der Waals surface area contributed by atoms with Crippen LogP contribution in [0.4, 0.5) is 0 Å². The second-order valence-corrected chi connectivity index (χ2v) is 4.66. The van der Waals surface area contributed by atoms with Crippen LogP contribution in [0.15, 0.2) is 16.9 Å². The average molecular weight is 247 g/mol. The maximum Gasteiger partial charge on any atom is 0.299 e. The van der Waals surface area contributed by atoms with Gasteiger partial charge in [0.25, 0.3) is 11.7 Å². The van der Waals surface area contributed by atoms with E-state index >= 15 is 0 Å². The molecule has 2 heterocycles. The Kier molecular flexibility index (Phi) is 2.30. The first-order chi connectivity index (χ1) is 8.58. The van der Waals surface area contributed by atoms with Crippen LogP contribution in [-0.2, 0) is 12.6 Å². The monoisotopic (exact) mass is 247 g/mol. The molecule has 0 amide bonds. The molecular weight excluding hydrogens is 234 g/mol. The minimum atomic E-state index is -0.517. The van der Waals surface area contributed by atoms with Crippen LogP contribution in [0.25, 0.3) is 0 Å². The van der Waals surface area contributed by atoms with Crippen molar-refractivity contribution in [3.63, 3.8) is 0 Å². The predicted octanol–water partition coefficient (Wildman–Crippen LogP) is 0.372. The van der Waals surface area contributed by atoms with Gasteiger partial charge in [-0.2, -0.15) is 10.1 Å². The molecule has 2 aromatic rings. The fourth-order valence-electron chi connectivity index (χ4n) is 1.96. The molecule has 0 radical (unpaired) electrons. The fourth-order valence-corrected chi connectivity index (χ4v) is 1.96. The molecule has 7 heteroatoms. The summed E-state index contributed by atoms with van der Waals surface area (Å²) in [5.74, 6) is 0.0560. The van der Waals surface area contributed by atoms with Gasteiger partial charge in [-0.1, -0.05) is 5.16 Å². The standard InChI is InChI=1S/C11H13N5O2/c1-16-6-7(5-13-16)8(17)9-14-10(15-18-9)11(12)3-2-4-11/h5-6H,2-4,12H2,1H3. The third-order valence-electron chi connectivity index (χ3n) is 3.28. The summed E-state index contributed by atoms with van der Waals surface area (Å²) in [6.07, 6.45) is 5.78. The van der Waals surface area contributed by atoms with Crippen LogP contribution in [0.3, 0.4) is 0 Å². The van der Waals surface area contributed by atoms with E-state index in [1.807, 2.05) is 0 Å². The highest BCUT2D eigenvalue weighted by Crippen LogP contribution is 2.36. The van der Waals surface area contributed by atoms with Gasteiger partial charge in [0.15, 0.2) is 5.82 Å². The van der Waals surface area contributed by atoms with E-state index < -0.39 is 5.54 Å². The summed E-state index contributed by atoms with van der Waals surface area (Å²) in [5.41, 5.74) is 5.97. The number of nitrogens with two attached hydrogens (primary N) is 1. The van der Waals surface area contributed by atoms with Gasteiger partial charge in [0.05, 0.1) is 17.3 Å². The largest absolute Gasteiger partial charge is 0.330 e. The highest BCUT2D eigenvalue weighted by atomic mass is 16.5. The van der Waals surface area contributed by atoms with Crippen LogP contribution in [-0.4, -0.2) is 25.7 Å². The molecule has 0 aliphatic heterocycles. The van der Waals surface area contributed by atoms with Crippen molar-refractivity contribution < 1.29 is 9.32 Å². The summed E-state index contributed by atoms with van der Waals surface area (Å²) >= 11 is 0. The Morgan fingerprint density at radius 3 is 2.89 bits per heavy atom. The van der Waals surface area contributed by atoms with Gasteiger partial charge >= 0.3 is 0 Å². The van der Waals surface area contributed by atoms with Gasteiger partial charge in [-0.15, -0.1) is 0 Å². The summed E-state index contributed by atoms with van der Waals surface area (Å²) in [6, 6.07) is 0. The minimum Gasteiger partial charge on any atom is -0.330 e. The highest BCUT2D eigenvalue weighted by molar-refractivity contribution is 6.05. The zero-order valence-electron chi connectivity index (χ0n) is 9.96. The molecule has 2 aromatic heterocycles. The third-order valence-corrected chi connectivity index (χ3v) is 3.28. The molecule has 0 aromatic carbocycles. The van der Waals surface area contributed by atoms with E-state index in [2.05, 4.69) is 15.2 Å². The van der Waals surface area contributed by atoms with Crippen LogP contribution in [0.5, 0.6) is 0 Å². The number of hydrogen-bond donors (Lipinski definition) is 1. The molecule has 0 saturated heterocycles. The Morgan fingerprint density at radius 2 is 2.33 bits per heavy atom. The van der Waals surface area contributed by atoms with Gasteiger partial charge in [0, 0.05) is 13.2 Å². The first-order valence-corrected chi connectivity index (χ1v) is 5.75. The molecule has 7 nitrogen and oxygen atoms in total. The van der Waals surface area contributed by atoms with Crippen molar-refractivity contribution in [1.29, 1.82) is 0 Å². The van der Waals surface area contributed by atoms with E-state index in [0.29, 0.717) is 11.4 Å². The van der Waals surface area contributed by atoms with E-state index in [1.165, 1.54) is 6.20 Å². The number of carbonyl (C=O) groups is 1. The molecule has 1 fully saturated rings. The van der Waals surface area contributed by atoms with Gasteiger partial charge in [-0.25, -0.2) is 0 Å². The van der Waals surface area contributed by atoms with Gasteiger partial charge < -0.3 is 10.3 Å². The van der Waals surface area contributed by atoms with E-state index in [0.717, 1.165) is 19.3 Å². The van der Waals surface area contributed by atoms with Gasteiger partial charge in [-0.3, -0.25) is 9.48 Å². The van der Waals surface area contributed by atoms with Crippen molar-refractivity contribution in [2.75, 3.05) is 0 Å². The van der Waals surface area contributed by atoms with Crippen LogP contribution in [0.2, 0.25) is 0 Å². The summed E-state index contributed by atoms with van der Waals surface area (Å²) in [7, 11) is 1.74. The number of nitrogens with zero attached hydrogens (tertiary/aromatic N) is 4. The van der Waals surface area contributed by atoms with E-state index in [9.17, 15) is 4.79 Å². The zero-order chi connectivity index (χ0) is 12.8. The summed E-state index contributed by atoms with van der Waals surface area (Å²) in [6.45, 7) is 0. The minimum absolute atomic E-state index is 0.0327. The number of rotatable bonds is 3. The third kappa shape index (κ3) is 1.63. The van der Waals surface area contributed by atoms with Crippen molar-refractivity contribution in [2.24, 2.45) is 12.8 Å². The van der Waals surface area contributed by atoms with E-state index in [4.69, 9.17) is 10.3 Å². The van der Waals surface area contributed by atoms with Crippen molar-refractivity contribution in [2.45, 2.75) is 24.8 Å². The Labute approximate surface area is 103 Å². The maximum absolute atomic E-state index is 12.0. The van der Waals surface area contributed by atoms with Gasteiger partial charge in [-0.05, 0) is 19.3 Å². The quantitative estimate of drug-likeness (QED) is 0.786. The lowest BCUT2D eigenvalue weighted by molar-refractivity contribution is 0.0994. The number of carbonyl (C=O) groups excluding carboxylic acids is 1. The van der Waals surface area contributed by atoms with Crippen LogP contribution in [0.1, 0.15) is 41.3 Å². The van der Waals surface area contributed by atoms with Crippen molar-refractivity contribution in [3.05, 3.63) is 29.7 Å². The Hall–Kier alpha value is -2.02. The zero-order valence-corrected chi connectivity index (χ0v) is 9.96. The van der Waals surface area contributed by atoms with Crippen LogP contribution >= 0.6 is 0 Å². The second-order valence-electron chi connectivity index (χ2n) is 4.66. The molecule has 1 aliphatic carbocycles. The molecule has 1 aliphatic rings. The molecule has 3 rings (SSSR count). The fraction of sp³-hybridized carbons (Fsp3) is 0.455. The SMILES string of the molecule is Cn1cc(C(=O)c2nc(C3(N)CCC3)no2)cn1. The summed E-state index contributed by atoms with van der Waals surface area (Å²) < 4.78 is 6.53. The van der Waals surface area contributed by atoms with Crippen LogP contribution in [0, 0.1) is 0 Å². The normalized spacial score (nSPS) is 17.4. The lowest BCUT2D eigenvalue weighted by Gasteiger charge is -2.34. The van der Waals surface area contributed by atoms with Crippen molar-refractivity contribution in [1.82, 2.24) is 19.9 Å². The first kappa shape index (κ1) is 11.1. The highest BCUT2D eigenvalue weighted by Gasteiger charge is 2.39. The average Bonchev–Trinajstić information content (AvgIpc) is 2.93. The molecule has 0 bridgehead atoms. The Morgan fingerprint density at radius 1 is 1.56 bits per heavy atom. The van der Waals surface area contributed by atoms with Crippen molar-refractivity contribution >= 4 is 5.78 Å².